The van der Waals surface area contributed by atoms with Crippen molar-refractivity contribution in [2.75, 3.05) is 13.2 Å². The molecule has 9 unspecified atom stereocenters. The molecule has 2 heterocycles. The number of hydrogen-bond acceptors (Lipinski definition) is 10. The molecule has 7 N–H and O–H groups in total. The smallest absolute Gasteiger partial charge is 0.189 e. The molecule has 2 fully saturated rings. The molecule has 0 aliphatic carbocycles. The summed E-state index contributed by atoms with van der Waals surface area (Å²) in [6.45, 7) is 1.91. The first-order chi connectivity index (χ1) is 11.1. The zero-order valence-corrected chi connectivity index (χ0v) is 13.5. The van der Waals surface area contributed by atoms with Gasteiger partial charge in [-0.2, -0.15) is 0 Å². The van der Waals surface area contributed by atoms with Crippen LogP contribution in [0.3, 0.4) is 0 Å². The van der Waals surface area contributed by atoms with Gasteiger partial charge in [0.25, 0.3) is 0 Å². The van der Waals surface area contributed by atoms with Crippen molar-refractivity contribution in [3.8, 4) is 0 Å². The van der Waals surface area contributed by atoms with Gasteiger partial charge in [0.15, 0.2) is 12.6 Å². The fourth-order valence-electron chi connectivity index (χ4n) is 2.86. The third-order valence-electron chi connectivity index (χ3n) is 4.66. The molecule has 2 aliphatic rings. The summed E-state index contributed by atoms with van der Waals surface area (Å²) < 4.78 is 16.2. The summed E-state index contributed by atoms with van der Waals surface area (Å²) in [4.78, 5) is 0. The molecule has 2 rings (SSSR count). The maximum Gasteiger partial charge on any atom is 0.189 e. The van der Waals surface area contributed by atoms with Gasteiger partial charge in [-0.15, -0.1) is 0 Å². The third kappa shape index (κ3) is 3.44. The molecule has 0 saturated carbocycles. The topological polar surface area (TPSA) is 169 Å². The van der Waals surface area contributed by atoms with Gasteiger partial charge in [0, 0.05) is 5.41 Å². The van der Waals surface area contributed by atoms with Crippen molar-refractivity contribution in [3.63, 3.8) is 0 Å². The summed E-state index contributed by atoms with van der Waals surface area (Å²) in [7, 11) is 0. The lowest BCUT2D eigenvalue weighted by atomic mass is 9.79. The van der Waals surface area contributed by atoms with Gasteiger partial charge in [-0.25, -0.2) is 0 Å². The number of rotatable bonds is 4. The zero-order valence-electron chi connectivity index (χ0n) is 13.5. The van der Waals surface area contributed by atoms with Crippen molar-refractivity contribution >= 4 is 0 Å². The van der Waals surface area contributed by atoms with Gasteiger partial charge in [-0.3, -0.25) is 0 Å². The van der Waals surface area contributed by atoms with Crippen LogP contribution in [0.15, 0.2) is 0 Å². The van der Waals surface area contributed by atoms with E-state index >= 15 is 0 Å². The fraction of sp³-hybridized carbons (Fsp3) is 1.00. The number of hydrogen-bond donors (Lipinski definition) is 7. The van der Waals surface area contributed by atoms with E-state index in [1.165, 1.54) is 0 Å². The number of aliphatic hydroxyl groups excluding tert-OH is 7. The Kier molecular flexibility index (Phi) is 6.19. The molecule has 0 bridgehead atoms. The van der Waals surface area contributed by atoms with E-state index in [1.807, 2.05) is 0 Å². The Balaban J connectivity index is 2.15. The average molecular weight is 354 g/mol. The SMILES string of the molecule is CC1(C)C(OC2OC(CO)C(O)C(O)C2O)OC(CO)C(O)C1O. The average Bonchev–Trinajstić information content (AvgIpc) is 2.55. The van der Waals surface area contributed by atoms with Gasteiger partial charge in [-0.05, 0) is 0 Å². The van der Waals surface area contributed by atoms with E-state index in [-0.39, 0.29) is 0 Å². The highest BCUT2D eigenvalue weighted by molar-refractivity contribution is 4.96. The monoisotopic (exact) mass is 354 g/mol. The van der Waals surface area contributed by atoms with Crippen LogP contribution in [0.1, 0.15) is 13.8 Å². The fourth-order valence-corrected chi connectivity index (χ4v) is 2.86. The van der Waals surface area contributed by atoms with Crippen LogP contribution in [0, 0.1) is 5.41 Å². The standard InChI is InChI=1S/C14H26O10/c1-14(2)11(21)8(18)6(4-16)23-13(14)24-12-10(20)9(19)7(17)5(3-15)22-12/h5-13,15-21H,3-4H2,1-2H3. The van der Waals surface area contributed by atoms with E-state index in [1.54, 1.807) is 13.8 Å². The minimum absolute atomic E-state index is 0.567. The predicted octanol–water partition coefficient (Wildman–Crippen LogP) is -3.73. The second-order valence-corrected chi connectivity index (χ2v) is 6.78. The van der Waals surface area contributed by atoms with Crippen LogP contribution in [0.2, 0.25) is 0 Å². The van der Waals surface area contributed by atoms with E-state index in [2.05, 4.69) is 0 Å². The number of ether oxygens (including phenoxy) is 3. The van der Waals surface area contributed by atoms with Crippen molar-refractivity contribution < 1.29 is 50.0 Å². The molecule has 10 heteroatoms. The van der Waals surface area contributed by atoms with Crippen molar-refractivity contribution in [1.29, 1.82) is 0 Å². The lowest BCUT2D eigenvalue weighted by molar-refractivity contribution is -0.384. The molecular formula is C14H26O10. The Morgan fingerprint density at radius 1 is 0.792 bits per heavy atom. The van der Waals surface area contributed by atoms with Gasteiger partial charge in [0.05, 0.1) is 19.3 Å². The molecule has 0 spiro atoms. The highest BCUT2D eigenvalue weighted by Gasteiger charge is 2.53. The van der Waals surface area contributed by atoms with E-state index in [9.17, 15) is 35.7 Å². The van der Waals surface area contributed by atoms with E-state index in [0.29, 0.717) is 0 Å². The highest BCUT2D eigenvalue weighted by atomic mass is 16.8. The molecular weight excluding hydrogens is 328 g/mol. The van der Waals surface area contributed by atoms with Crippen molar-refractivity contribution in [1.82, 2.24) is 0 Å². The predicted molar refractivity (Wildman–Crippen MR) is 76.4 cm³/mol. The first-order valence-corrected chi connectivity index (χ1v) is 7.73. The van der Waals surface area contributed by atoms with Crippen LogP contribution in [0.5, 0.6) is 0 Å². The highest BCUT2D eigenvalue weighted by Crippen LogP contribution is 2.39. The van der Waals surface area contributed by atoms with Gasteiger partial charge in [0.1, 0.15) is 36.6 Å². The van der Waals surface area contributed by atoms with Gasteiger partial charge in [0.2, 0.25) is 0 Å². The summed E-state index contributed by atoms with van der Waals surface area (Å²) >= 11 is 0. The molecule has 9 atom stereocenters. The van der Waals surface area contributed by atoms with Crippen molar-refractivity contribution in [3.05, 3.63) is 0 Å². The largest absolute Gasteiger partial charge is 0.394 e. The second kappa shape index (κ2) is 7.46. The molecule has 0 aromatic heterocycles. The minimum Gasteiger partial charge on any atom is -0.394 e. The summed E-state index contributed by atoms with van der Waals surface area (Å²) in [5.41, 5.74) is -1.14. The van der Waals surface area contributed by atoms with Crippen LogP contribution in [0.4, 0.5) is 0 Å². The van der Waals surface area contributed by atoms with Gasteiger partial charge < -0.3 is 50.0 Å². The Morgan fingerprint density at radius 2 is 1.33 bits per heavy atom. The quantitative estimate of drug-likeness (QED) is 0.266. The summed E-state index contributed by atoms with van der Waals surface area (Å²) in [6.07, 6.45) is -12.3. The molecule has 2 aliphatic heterocycles. The van der Waals surface area contributed by atoms with Crippen molar-refractivity contribution in [2.45, 2.75) is 69.2 Å². The number of aliphatic hydroxyl groups is 7. The Hall–Kier alpha value is -0.400. The Labute approximate surface area is 138 Å². The van der Waals surface area contributed by atoms with Crippen LogP contribution >= 0.6 is 0 Å². The minimum atomic E-state index is -1.63. The van der Waals surface area contributed by atoms with Gasteiger partial charge in [-0.1, -0.05) is 13.8 Å². The maximum atomic E-state index is 10.2. The van der Waals surface area contributed by atoms with Crippen LogP contribution in [-0.2, 0) is 14.2 Å². The van der Waals surface area contributed by atoms with E-state index < -0.39 is 73.9 Å². The third-order valence-corrected chi connectivity index (χ3v) is 4.66. The molecule has 0 aromatic carbocycles. The lowest BCUT2D eigenvalue weighted by Crippen LogP contribution is -2.64. The van der Waals surface area contributed by atoms with E-state index in [4.69, 9.17) is 14.2 Å². The van der Waals surface area contributed by atoms with Crippen molar-refractivity contribution in [2.24, 2.45) is 5.41 Å². The Morgan fingerprint density at radius 3 is 1.88 bits per heavy atom. The van der Waals surface area contributed by atoms with Crippen LogP contribution in [-0.4, -0.2) is 104 Å². The van der Waals surface area contributed by atoms with Crippen LogP contribution in [0.25, 0.3) is 0 Å². The first kappa shape index (κ1) is 19.9. The van der Waals surface area contributed by atoms with Crippen LogP contribution < -0.4 is 0 Å². The molecule has 142 valence electrons. The molecule has 0 radical (unpaired) electrons. The molecule has 24 heavy (non-hydrogen) atoms. The summed E-state index contributed by atoms with van der Waals surface area (Å²) in [6, 6.07) is 0. The molecule has 2 saturated heterocycles. The normalized spacial score (nSPS) is 49.1. The maximum absolute atomic E-state index is 10.2. The lowest BCUT2D eigenvalue weighted by Gasteiger charge is -2.49. The molecule has 10 nitrogen and oxygen atoms in total. The molecule has 0 aromatic rings. The van der Waals surface area contributed by atoms with E-state index in [0.717, 1.165) is 0 Å². The second-order valence-electron chi connectivity index (χ2n) is 6.78. The van der Waals surface area contributed by atoms with Gasteiger partial charge >= 0.3 is 0 Å². The summed E-state index contributed by atoms with van der Waals surface area (Å²) in [5.74, 6) is 0. The zero-order chi connectivity index (χ0) is 18.2. The Bertz CT molecular complexity index is 416. The summed E-state index contributed by atoms with van der Waals surface area (Å²) in [5, 5.41) is 68.1. The first-order valence-electron chi connectivity index (χ1n) is 7.73. The molecule has 0 amide bonds.